The molecule has 31 heavy (non-hydrogen) atoms. The Morgan fingerprint density at radius 1 is 0.774 bits per heavy atom. The van der Waals surface area contributed by atoms with Crippen LogP contribution in [0.3, 0.4) is 0 Å². The molecule has 2 N–H and O–H groups in total. The van der Waals surface area contributed by atoms with E-state index in [0.29, 0.717) is 16.9 Å². The van der Waals surface area contributed by atoms with Crippen LogP contribution in [0.4, 0.5) is 11.4 Å². The number of sulfonamides is 1. The summed E-state index contributed by atoms with van der Waals surface area (Å²) in [6, 6.07) is 19.1. The quantitative estimate of drug-likeness (QED) is 0.542. The van der Waals surface area contributed by atoms with Crippen LogP contribution in [0.25, 0.3) is 0 Å². The van der Waals surface area contributed by atoms with Crippen molar-refractivity contribution in [2.75, 3.05) is 10.0 Å². The Bertz CT molecular complexity index is 1170. The van der Waals surface area contributed by atoms with Crippen LogP contribution in [0.15, 0.2) is 71.6 Å². The number of hydrogen-bond acceptors (Lipinski definition) is 3. The summed E-state index contributed by atoms with van der Waals surface area (Å²) in [5.74, 6) is -0.246. The summed E-state index contributed by atoms with van der Waals surface area (Å²) in [7, 11) is -3.73. The first-order chi connectivity index (χ1) is 14.4. The lowest BCUT2D eigenvalue weighted by molar-refractivity contribution is 0.102. The van der Waals surface area contributed by atoms with E-state index in [1.54, 1.807) is 36.4 Å². The second-order valence-electron chi connectivity index (χ2n) is 8.79. The fraction of sp³-hybridized carbons (Fsp3) is 0.240. The van der Waals surface area contributed by atoms with Gasteiger partial charge in [0, 0.05) is 16.9 Å². The summed E-state index contributed by atoms with van der Waals surface area (Å²) in [5, 5.41) is 2.81. The molecule has 0 aliphatic heterocycles. The first-order valence-electron chi connectivity index (χ1n) is 10.1. The number of carbonyl (C=O) groups excluding carboxylic acids is 1. The van der Waals surface area contributed by atoms with Gasteiger partial charge in [0.05, 0.1) is 4.90 Å². The molecule has 0 atom stereocenters. The molecule has 0 radical (unpaired) electrons. The fourth-order valence-electron chi connectivity index (χ4n) is 3.29. The van der Waals surface area contributed by atoms with E-state index in [1.807, 2.05) is 32.0 Å². The Hall–Kier alpha value is -3.12. The third-order valence-corrected chi connectivity index (χ3v) is 6.31. The van der Waals surface area contributed by atoms with Gasteiger partial charge in [-0.2, -0.15) is 0 Å². The normalized spacial score (nSPS) is 11.8. The number of carbonyl (C=O) groups is 1. The van der Waals surface area contributed by atoms with Crippen molar-refractivity contribution in [1.82, 2.24) is 0 Å². The number of amides is 1. The maximum absolute atomic E-state index is 12.7. The zero-order valence-corrected chi connectivity index (χ0v) is 19.3. The molecule has 0 spiro atoms. The Labute approximate surface area is 184 Å². The van der Waals surface area contributed by atoms with Crippen molar-refractivity contribution < 1.29 is 13.2 Å². The minimum absolute atomic E-state index is 0.0154. The van der Waals surface area contributed by atoms with Crippen LogP contribution in [0.5, 0.6) is 0 Å². The Morgan fingerprint density at radius 3 is 1.84 bits per heavy atom. The van der Waals surface area contributed by atoms with Gasteiger partial charge in [-0.1, -0.05) is 39.0 Å². The van der Waals surface area contributed by atoms with Gasteiger partial charge in [-0.25, -0.2) is 8.42 Å². The summed E-state index contributed by atoms with van der Waals surface area (Å²) in [5.41, 5.74) is 4.71. The Morgan fingerprint density at radius 2 is 1.32 bits per heavy atom. The SMILES string of the molecule is Cc1cc(C)cc(NS(=O)(=O)c2ccc(NC(=O)c3ccc(C(C)(C)C)cc3)cc2)c1. The van der Waals surface area contributed by atoms with E-state index in [2.05, 4.69) is 30.8 Å². The van der Waals surface area contributed by atoms with E-state index < -0.39 is 10.0 Å². The van der Waals surface area contributed by atoms with Crippen molar-refractivity contribution in [3.05, 3.63) is 89.0 Å². The average Bonchev–Trinajstić information content (AvgIpc) is 2.66. The highest BCUT2D eigenvalue weighted by atomic mass is 32.2. The van der Waals surface area contributed by atoms with Crippen molar-refractivity contribution in [3.8, 4) is 0 Å². The molecule has 0 saturated heterocycles. The molecule has 5 nitrogen and oxygen atoms in total. The Balaban J connectivity index is 1.71. The summed E-state index contributed by atoms with van der Waals surface area (Å²) in [4.78, 5) is 12.6. The summed E-state index contributed by atoms with van der Waals surface area (Å²) >= 11 is 0. The van der Waals surface area contributed by atoms with E-state index in [9.17, 15) is 13.2 Å². The van der Waals surface area contributed by atoms with Crippen LogP contribution in [-0.2, 0) is 15.4 Å². The van der Waals surface area contributed by atoms with Gasteiger partial charge in [-0.15, -0.1) is 0 Å². The fourth-order valence-corrected chi connectivity index (χ4v) is 4.33. The molecule has 1 amide bonds. The molecule has 0 fully saturated rings. The molecular formula is C25H28N2O3S. The van der Waals surface area contributed by atoms with Crippen molar-refractivity contribution in [2.24, 2.45) is 0 Å². The third kappa shape index (κ3) is 5.73. The molecule has 0 aliphatic carbocycles. The molecule has 0 bridgehead atoms. The standard InChI is InChI=1S/C25H28N2O3S/c1-17-14-18(2)16-22(15-17)27-31(29,30)23-12-10-21(11-13-23)26-24(28)19-6-8-20(9-7-19)25(3,4)5/h6-16,27H,1-5H3,(H,26,28). The molecule has 3 rings (SSSR count). The largest absolute Gasteiger partial charge is 0.322 e. The van der Waals surface area contributed by atoms with Gasteiger partial charge in [0.15, 0.2) is 0 Å². The lowest BCUT2D eigenvalue weighted by Gasteiger charge is -2.19. The van der Waals surface area contributed by atoms with Gasteiger partial charge in [-0.3, -0.25) is 9.52 Å². The topological polar surface area (TPSA) is 75.3 Å². The van der Waals surface area contributed by atoms with Gasteiger partial charge >= 0.3 is 0 Å². The lowest BCUT2D eigenvalue weighted by atomic mass is 9.87. The molecule has 3 aromatic rings. The van der Waals surface area contributed by atoms with Gasteiger partial charge in [0.1, 0.15) is 0 Å². The molecular weight excluding hydrogens is 408 g/mol. The van der Waals surface area contributed by atoms with Gasteiger partial charge in [-0.05, 0) is 84.5 Å². The van der Waals surface area contributed by atoms with Crippen LogP contribution in [0.1, 0.15) is 47.8 Å². The number of rotatable bonds is 5. The van der Waals surface area contributed by atoms with Crippen molar-refractivity contribution >= 4 is 27.3 Å². The lowest BCUT2D eigenvalue weighted by Crippen LogP contribution is -2.15. The van der Waals surface area contributed by atoms with E-state index in [-0.39, 0.29) is 16.2 Å². The van der Waals surface area contributed by atoms with Crippen LogP contribution >= 0.6 is 0 Å². The minimum atomic E-state index is -3.73. The number of benzene rings is 3. The Kier molecular flexibility index (Phi) is 6.23. The number of anilines is 2. The maximum atomic E-state index is 12.7. The monoisotopic (exact) mass is 436 g/mol. The zero-order chi connectivity index (χ0) is 22.8. The molecule has 162 valence electrons. The number of hydrogen-bond donors (Lipinski definition) is 2. The minimum Gasteiger partial charge on any atom is -0.322 e. The highest BCUT2D eigenvalue weighted by molar-refractivity contribution is 7.92. The van der Waals surface area contributed by atoms with Crippen LogP contribution in [0.2, 0.25) is 0 Å². The smallest absolute Gasteiger partial charge is 0.261 e. The van der Waals surface area contributed by atoms with Crippen molar-refractivity contribution in [2.45, 2.75) is 44.9 Å². The van der Waals surface area contributed by atoms with E-state index in [0.717, 1.165) is 16.7 Å². The van der Waals surface area contributed by atoms with Crippen LogP contribution < -0.4 is 10.0 Å². The van der Waals surface area contributed by atoms with E-state index in [4.69, 9.17) is 0 Å². The number of nitrogens with one attached hydrogen (secondary N) is 2. The summed E-state index contributed by atoms with van der Waals surface area (Å²) < 4.78 is 28.0. The summed E-state index contributed by atoms with van der Waals surface area (Å²) in [6.45, 7) is 10.2. The first kappa shape index (κ1) is 22.6. The summed E-state index contributed by atoms with van der Waals surface area (Å²) in [6.07, 6.45) is 0. The van der Waals surface area contributed by atoms with E-state index in [1.165, 1.54) is 12.1 Å². The second-order valence-corrected chi connectivity index (χ2v) is 10.5. The predicted octanol–water partition coefficient (Wildman–Crippen LogP) is 5.65. The highest BCUT2D eigenvalue weighted by Crippen LogP contribution is 2.23. The molecule has 0 aromatic heterocycles. The van der Waals surface area contributed by atoms with E-state index >= 15 is 0 Å². The van der Waals surface area contributed by atoms with Crippen LogP contribution in [-0.4, -0.2) is 14.3 Å². The molecule has 0 heterocycles. The maximum Gasteiger partial charge on any atom is 0.261 e. The molecule has 0 unspecified atom stereocenters. The van der Waals surface area contributed by atoms with Gasteiger partial charge < -0.3 is 5.32 Å². The molecule has 0 aliphatic rings. The zero-order valence-electron chi connectivity index (χ0n) is 18.5. The predicted molar refractivity (Wildman–Crippen MR) is 126 cm³/mol. The first-order valence-corrected chi connectivity index (χ1v) is 11.6. The average molecular weight is 437 g/mol. The highest BCUT2D eigenvalue weighted by Gasteiger charge is 2.16. The molecule has 6 heteroatoms. The van der Waals surface area contributed by atoms with Crippen LogP contribution in [0, 0.1) is 13.8 Å². The second kappa shape index (κ2) is 8.55. The van der Waals surface area contributed by atoms with Gasteiger partial charge in [0.25, 0.3) is 15.9 Å². The van der Waals surface area contributed by atoms with Crippen molar-refractivity contribution in [3.63, 3.8) is 0 Å². The molecule has 3 aromatic carbocycles. The van der Waals surface area contributed by atoms with Gasteiger partial charge in [0.2, 0.25) is 0 Å². The number of aryl methyl sites for hydroxylation is 2. The van der Waals surface area contributed by atoms with Crippen molar-refractivity contribution in [1.29, 1.82) is 0 Å². The third-order valence-electron chi connectivity index (χ3n) is 4.91. The molecule has 0 saturated carbocycles.